The minimum atomic E-state index is -0.396. The third kappa shape index (κ3) is 4.58. The first-order chi connectivity index (χ1) is 6.47. The summed E-state index contributed by atoms with van der Waals surface area (Å²) >= 11 is 0. The molecular weight excluding hydrogens is 182 g/mol. The zero-order valence-electron chi connectivity index (χ0n) is 9.13. The van der Waals surface area contributed by atoms with Crippen LogP contribution in [0.15, 0.2) is 0 Å². The van der Waals surface area contributed by atoms with E-state index < -0.39 is 5.60 Å². The summed E-state index contributed by atoms with van der Waals surface area (Å²) in [6.45, 7) is 7.75. The molecule has 1 saturated heterocycles. The maximum atomic E-state index is 11.4. The molecule has 14 heavy (non-hydrogen) atoms. The lowest BCUT2D eigenvalue weighted by molar-refractivity contribution is -0.156. The Hall–Kier alpha value is -0.610. The van der Waals surface area contributed by atoms with Crippen LogP contribution in [0.1, 0.15) is 27.2 Å². The minimum absolute atomic E-state index is 0.110. The average molecular weight is 201 g/mol. The Bertz CT molecular complexity index is 192. The predicted molar refractivity (Wildman–Crippen MR) is 53.1 cm³/mol. The summed E-state index contributed by atoms with van der Waals surface area (Å²) in [6.07, 6.45) is 0.386. The molecule has 0 amide bonds. The summed E-state index contributed by atoms with van der Waals surface area (Å²) in [4.78, 5) is 11.4. The van der Waals surface area contributed by atoms with Gasteiger partial charge in [0.1, 0.15) is 5.60 Å². The average Bonchev–Trinajstić information content (AvgIpc) is 2.02. The van der Waals surface area contributed by atoms with Crippen LogP contribution in [0.2, 0.25) is 0 Å². The molecule has 1 atom stereocenters. The Morgan fingerprint density at radius 2 is 2.29 bits per heavy atom. The van der Waals surface area contributed by atoms with Gasteiger partial charge >= 0.3 is 5.97 Å². The van der Waals surface area contributed by atoms with Gasteiger partial charge in [-0.3, -0.25) is 4.79 Å². The molecule has 0 radical (unpaired) electrons. The lowest BCUT2D eigenvalue weighted by Crippen LogP contribution is -2.43. The van der Waals surface area contributed by atoms with Crippen molar-refractivity contribution in [3.05, 3.63) is 0 Å². The molecule has 0 aromatic carbocycles. The maximum absolute atomic E-state index is 11.4. The van der Waals surface area contributed by atoms with Crippen LogP contribution in [0.25, 0.3) is 0 Å². The van der Waals surface area contributed by atoms with Gasteiger partial charge < -0.3 is 14.8 Å². The lowest BCUT2D eigenvalue weighted by Gasteiger charge is -2.25. The van der Waals surface area contributed by atoms with Crippen molar-refractivity contribution in [2.45, 2.75) is 38.8 Å². The van der Waals surface area contributed by atoms with Crippen molar-refractivity contribution in [3.63, 3.8) is 0 Å². The number of hydrogen-bond acceptors (Lipinski definition) is 4. The van der Waals surface area contributed by atoms with E-state index in [1.165, 1.54) is 0 Å². The van der Waals surface area contributed by atoms with E-state index in [1.807, 2.05) is 20.8 Å². The van der Waals surface area contributed by atoms with Crippen LogP contribution in [-0.4, -0.2) is 37.4 Å². The summed E-state index contributed by atoms with van der Waals surface area (Å²) in [5.41, 5.74) is -0.396. The normalized spacial score (nSPS) is 23.2. The van der Waals surface area contributed by atoms with Crippen molar-refractivity contribution in [2.24, 2.45) is 0 Å². The van der Waals surface area contributed by atoms with E-state index in [0.717, 1.165) is 13.2 Å². The van der Waals surface area contributed by atoms with E-state index >= 15 is 0 Å². The van der Waals surface area contributed by atoms with Gasteiger partial charge in [-0.15, -0.1) is 0 Å². The van der Waals surface area contributed by atoms with Crippen LogP contribution in [-0.2, 0) is 14.3 Å². The van der Waals surface area contributed by atoms with Gasteiger partial charge in [0.25, 0.3) is 0 Å². The van der Waals surface area contributed by atoms with Gasteiger partial charge in [0, 0.05) is 12.6 Å². The van der Waals surface area contributed by atoms with Gasteiger partial charge in [-0.1, -0.05) is 0 Å². The number of morpholine rings is 1. The molecule has 82 valence electrons. The van der Waals surface area contributed by atoms with Gasteiger partial charge in [0.2, 0.25) is 0 Å². The molecule has 0 spiro atoms. The fourth-order valence-electron chi connectivity index (χ4n) is 1.34. The Balaban J connectivity index is 2.25. The molecule has 1 aliphatic rings. The largest absolute Gasteiger partial charge is 0.460 e. The molecule has 1 rings (SSSR count). The van der Waals surface area contributed by atoms with E-state index in [4.69, 9.17) is 9.47 Å². The fourth-order valence-corrected chi connectivity index (χ4v) is 1.34. The van der Waals surface area contributed by atoms with E-state index in [2.05, 4.69) is 5.32 Å². The number of esters is 1. The van der Waals surface area contributed by atoms with E-state index in [1.54, 1.807) is 0 Å². The zero-order chi connectivity index (χ0) is 10.6. The third-order valence-corrected chi connectivity index (χ3v) is 1.83. The maximum Gasteiger partial charge on any atom is 0.307 e. The predicted octanol–water partition coefficient (Wildman–Crippen LogP) is 0.707. The molecule has 0 saturated carbocycles. The van der Waals surface area contributed by atoms with E-state index in [-0.39, 0.29) is 12.0 Å². The first-order valence-corrected chi connectivity index (χ1v) is 5.00. The smallest absolute Gasteiger partial charge is 0.307 e. The zero-order valence-corrected chi connectivity index (χ0v) is 9.13. The number of nitrogens with one attached hydrogen (secondary N) is 1. The van der Waals surface area contributed by atoms with Crippen molar-refractivity contribution in [1.29, 1.82) is 0 Å². The van der Waals surface area contributed by atoms with Crippen molar-refractivity contribution < 1.29 is 14.3 Å². The Morgan fingerprint density at radius 3 is 2.79 bits per heavy atom. The van der Waals surface area contributed by atoms with Gasteiger partial charge in [0.15, 0.2) is 0 Å². The molecule has 1 N–H and O–H groups in total. The van der Waals surface area contributed by atoms with Crippen LogP contribution in [0.5, 0.6) is 0 Å². The molecule has 1 unspecified atom stereocenters. The summed E-state index contributed by atoms with van der Waals surface area (Å²) in [5.74, 6) is -0.166. The minimum Gasteiger partial charge on any atom is -0.460 e. The first-order valence-electron chi connectivity index (χ1n) is 5.00. The number of carbonyl (C=O) groups is 1. The molecule has 1 aliphatic heterocycles. The van der Waals surface area contributed by atoms with Crippen LogP contribution < -0.4 is 5.32 Å². The monoisotopic (exact) mass is 201 g/mol. The highest BCUT2D eigenvalue weighted by atomic mass is 16.6. The van der Waals surface area contributed by atoms with Gasteiger partial charge in [-0.25, -0.2) is 0 Å². The van der Waals surface area contributed by atoms with Gasteiger partial charge in [-0.2, -0.15) is 0 Å². The second-order valence-electron chi connectivity index (χ2n) is 4.52. The van der Waals surface area contributed by atoms with Crippen LogP contribution in [0.4, 0.5) is 0 Å². The van der Waals surface area contributed by atoms with Crippen LogP contribution >= 0.6 is 0 Å². The Kier molecular flexibility index (Phi) is 3.89. The second kappa shape index (κ2) is 4.75. The molecule has 1 heterocycles. The molecule has 0 aromatic rings. The fraction of sp³-hybridized carbons (Fsp3) is 0.900. The van der Waals surface area contributed by atoms with Crippen LogP contribution in [0, 0.1) is 0 Å². The Labute approximate surface area is 85.0 Å². The highest BCUT2D eigenvalue weighted by molar-refractivity contribution is 5.70. The number of rotatable bonds is 2. The molecular formula is C10H19NO3. The molecule has 0 aromatic heterocycles. The van der Waals surface area contributed by atoms with E-state index in [9.17, 15) is 4.79 Å². The van der Waals surface area contributed by atoms with Crippen LogP contribution in [0.3, 0.4) is 0 Å². The van der Waals surface area contributed by atoms with Crippen molar-refractivity contribution in [2.75, 3.05) is 19.8 Å². The highest BCUT2D eigenvalue weighted by Gasteiger charge is 2.21. The Morgan fingerprint density at radius 1 is 1.57 bits per heavy atom. The third-order valence-electron chi connectivity index (χ3n) is 1.83. The number of carbonyl (C=O) groups excluding carboxylic acids is 1. The summed E-state index contributed by atoms with van der Waals surface area (Å²) in [5, 5.41) is 3.21. The first kappa shape index (κ1) is 11.5. The summed E-state index contributed by atoms with van der Waals surface area (Å²) in [7, 11) is 0. The van der Waals surface area contributed by atoms with Crippen molar-refractivity contribution in [3.8, 4) is 0 Å². The molecule has 1 fully saturated rings. The van der Waals surface area contributed by atoms with Crippen molar-refractivity contribution in [1.82, 2.24) is 5.32 Å². The number of hydrogen-bond donors (Lipinski definition) is 1. The summed E-state index contributed by atoms with van der Waals surface area (Å²) in [6, 6.07) is 0.110. The second-order valence-corrected chi connectivity index (χ2v) is 4.52. The number of ether oxygens (including phenoxy) is 2. The molecule has 4 heteroatoms. The summed E-state index contributed by atoms with van der Waals surface area (Å²) < 4.78 is 10.4. The van der Waals surface area contributed by atoms with E-state index in [0.29, 0.717) is 13.0 Å². The topological polar surface area (TPSA) is 47.6 Å². The van der Waals surface area contributed by atoms with Gasteiger partial charge in [0.05, 0.1) is 19.6 Å². The SMILES string of the molecule is CC(C)(C)OC(=O)CC1COCCN1. The lowest BCUT2D eigenvalue weighted by atomic mass is 10.1. The van der Waals surface area contributed by atoms with Crippen molar-refractivity contribution >= 4 is 5.97 Å². The standard InChI is InChI=1S/C10H19NO3/c1-10(2,3)14-9(12)6-8-7-13-5-4-11-8/h8,11H,4-7H2,1-3H3. The highest BCUT2D eigenvalue weighted by Crippen LogP contribution is 2.10. The molecule has 4 nitrogen and oxygen atoms in total. The van der Waals surface area contributed by atoms with Gasteiger partial charge in [-0.05, 0) is 20.8 Å². The molecule has 0 aliphatic carbocycles. The molecule has 0 bridgehead atoms. The quantitative estimate of drug-likeness (QED) is 0.668.